The molecule has 1 aliphatic heterocycles. The number of piperidine rings is 1. The van der Waals surface area contributed by atoms with Crippen LogP contribution in [0.4, 0.5) is 0 Å². The average molecular weight is 281 g/mol. The van der Waals surface area contributed by atoms with Gasteiger partial charge in [-0.15, -0.1) is 0 Å². The van der Waals surface area contributed by atoms with Crippen LogP contribution in [-0.2, 0) is 4.79 Å². The minimum atomic E-state index is -0.312. The molecular weight excluding hydrogens is 260 g/mol. The fourth-order valence-electron chi connectivity index (χ4n) is 2.52. The van der Waals surface area contributed by atoms with E-state index >= 15 is 0 Å². The van der Waals surface area contributed by atoms with Gasteiger partial charge in [0.15, 0.2) is 0 Å². The van der Waals surface area contributed by atoms with Crippen molar-refractivity contribution in [3.8, 4) is 0 Å². The minimum absolute atomic E-state index is 0.0695. The van der Waals surface area contributed by atoms with Crippen molar-refractivity contribution in [1.29, 1.82) is 0 Å². The van der Waals surface area contributed by atoms with E-state index in [0.717, 1.165) is 31.5 Å². The van der Waals surface area contributed by atoms with E-state index in [4.69, 9.17) is 11.6 Å². The summed E-state index contributed by atoms with van der Waals surface area (Å²) in [5.74, 6) is 0.104. The lowest BCUT2D eigenvalue weighted by Crippen LogP contribution is -2.49. The van der Waals surface area contributed by atoms with E-state index < -0.39 is 0 Å². The Morgan fingerprint density at radius 1 is 1.47 bits per heavy atom. The van der Waals surface area contributed by atoms with Crippen LogP contribution in [-0.4, -0.2) is 19.0 Å². The van der Waals surface area contributed by atoms with Crippen molar-refractivity contribution in [2.24, 2.45) is 5.41 Å². The summed E-state index contributed by atoms with van der Waals surface area (Å²) in [6.45, 7) is 5.74. The first-order valence-corrected chi connectivity index (χ1v) is 7.17. The van der Waals surface area contributed by atoms with Gasteiger partial charge < -0.3 is 10.6 Å². The Morgan fingerprint density at radius 2 is 2.21 bits per heavy atom. The highest BCUT2D eigenvalue weighted by Gasteiger charge is 2.35. The molecule has 104 valence electrons. The number of carbonyl (C=O) groups excluding carboxylic acids is 1. The molecule has 1 aromatic carbocycles. The number of hydrogen-bond acceptors (Lipinski definition) is 2. The van der Waals surface area contributed by atoms with Gasteiger partial charge in [0, 0.05) is 11.6 Å². The first-order valence-electron chi connectivity index (χ1n) is 6.79. The summed E-state index contributed by atoms with van der Waals surface area (Å²) in [5, 5.41) is 7.07. The largest absolute Gasteiger partial charge is 0.349 e. The van der Waals surface area contributed by atoms with Gasteiger partial charge in [0.25, 0.3) is 0 Å². The van der Waals surface area contributed by atoms with Gasteiger partial charge in [-0.1, -0.05) is 29.8 Å². The van der Waals surface area contributed by atoms with Crippen LogP contribution < -0.4 is 10.6 Å². The first-order chi connectivity index (χ1) is 9.03. The second-order valence-corrected chi connectivity index (χ2v) is 5.96. The van der Waals surface area contributed by atoms with E-state index in [9.17, 15) is 4.79 Å². The molecule has 0 saturated carbocycles. The van der Waals surface area contributed by atoms with E-state index in [2.05, 4.69) is 10.6 Å². The Morgan fingerprint density at radius 3 is 2.84 bits per heavy atom. The Balaban J connectivity index is 2.04. The van der Waals surface area contributed by atoms with Gasteiger partial charge in [0.05, 0.1) is 11.5 Å². The molecule has 0 spiro atoms. The lowest BCUT2D eigenvalue weighted by atomic mass is 9.81. The molecule has 3 nitrogen and oxygen atoms in total. The summed E-state index contributed by atoms with van der Waals surface area (Å²) in [7, 11) is 0. The maximum atomic E-state index is 12.4. The fourth-order valence-corrected chi connectivity index (χ4v) is 2.82. The molecule has 1 heterocycles. The lowest BCUT2D eigenvalue weighted by Gasteiger charge is -2.33. The average Bonchev–Trinajstić information content (AvgIpc) is 2.40. The molecule has 19 heavy (non-hydrogen) atoms. The highest BCUT2D eigenvalue weighted by molar-refractivity contribution is 6.31. The molecule has 2 N–H and O–H groups in total. The zero-order valence-electron chi connectivity index (χ0n) is 11.5. The molecule has 0 bridgehead atoms. The van der Waals surface area contributed by atoms with Crippen molar-refractivity contribution < 1.29 is 4.79 Å². The van der Waals surface area contributed by atoms with Crippen molar-refractivity contribution in [2.75, 3.05) is 13.1 Å². The van der Waals surface area contributed by atoms with Crippen LogP contribution in [0.3, 0.4) is 0 Å². The summed E-state index contributed by atoms with van der Waals surface area (Å²) < 4.78 is 0. The highest BCUT2D eigenvalue weighted by atomic mass is 35.5. The van der Waals surface area contributed by atoms with Gasteiger partial charge in [-0.3, -0.25) is 4.79 Å². The maximum absolute atomic E-state index is 12.4. The minimum Gasteiger partial charge on any atom is -0.349 e. The van der Waals surface area contributed by atoms with Gasteiger partial charge in [-0.2, -0.15) is 0 Å². The number of rotatable bonds is 3. The molecule has 1 unspecified atom stereocenters. The van der Waals surface area contributed by atoms with Crippen molar-refractivity contribution in [3.05, 3.63) is 34.9 Å². The van der Waals surface area contributed by atoms with E-state index in [1.165, 1.54) is 0 Å². The van der Waals surface area contributed by atoms with E-state index in [1.807, 2.05) is 38.1 Å². The van der Waals surface area contributed by atoms with Gasteiger partial charge in [0.2, 0.25) is 5.91 Å². The quantitative estimate of drug-likeness (QED) is 0.894. The highest BCUT2D eigenvalue weighted by Crippen LogP contribution is 2.28. The smallest absolute Gasteiger partial charge is 0.227 e. The third-order valence-electron chi connectivity index (χ3n) is 3.86. The summed E-state index contributed by atoms with van der Waals surface area (Å²) in [6, 6.07) is 7.57. The standard InChI is InChI=1S/C15H21ClN2O/c1-11(12-6-3-4-7-13(12)16)18-14(19)15(2)8-5-9-17-10-15/h3-4,6-7,11,17H,5,8-10H2,1-2H3,(H,18,19)/t11-,15?/m0/s1. The van der Waals surface area contributed by atoms with Crippen LogP contribution in [0.2, 0.25) is 5.02 Å². The predicted octanol–water partition coefficient (Wildman–Crippen LogP) is 2.91. The van der Waals surface area contributed by atoms with Crippen LogP contribution in [0.25, 0.3) is 0 Å². The molecular formula is C15H21ClN2O. The third kappa shape index (κ3) is 3.28. The van der Waals surface area contributed by atoms with Crippen molar-refractivity contribution in [2.45, 2.75) is 32.7 Å². The second-order valence-electron chi connectivity index (χ2n) is 5.56. The molecule has 0 aromatic heterocycles. The molecule has 1 aliphatic rings. The van der Waals surface area contributed by atoms with Crippen molar-refractivity contribution >= 4 is 17.5 Å². The van der Waals surface area contributed by atoms with E-state index in [1.54, 1.807) is 0 Å². The van der Waals surface area contributed by atoms with Crippen molar-refractivity contribution in [1.82, 2.24) is 10.6 Å². The zero-order chi connectivity index (χ0) is 13.9. The van der Waals surface area contributed by atoms with E-state index in [0.29, 0.717) is 5.02 Å². The molecule has 2 atom stereocenters. The number of benzene rings is 1. The molecule has 1 fully saturated rings. The normalized spacial score (nSPS) is 24.8. The zero-order valence-corrected chi connectivity index (χ0v) is 12.3. The SMILES string of the molecule is C[C@H](NC(=O)C1(C)CCCNC1)c1ccccc1Cl. The Hall–Kier alpha value is -1.06. The second kappa shape index (κ2) is 5.93. The maximum Gasteiger partial charge on any atom is 0.227 e. The van der Waals surface area contributed by atoms with Crippen LogP contribution in [0.1, 0.15) is 38.3 Å². The van der Waals surface area contributed by atoms with Crippen LogP contribution in [0, 0.1) is 5.41 Å². The van der Waals surface area contributed by atoms with Crippen LogP contribution in [0.5, 0.6) is 0 Å². The molecule has 2 rings (SSSR count). The molecule has 1 aromatic rings. The summed E-state index contributed by atoms with van der Waals surface area (Å²) in [4.78, 5) is 12.4. The Labute approximate surface area is 119 Å². The van der Waals surface area contributed by atoms with Crippen LogP contribution in [0.15, 0.2) is 24.3 Å². The molecule has 1 saturated heterocycles. The lowest BCUT2D eigenvalue weighted by molar-refractivity contribution is -0.131. The Bertz CT molecular complexity index is 455. The van der Waals surface area contributed by atoms with Gasteiger partial charge in [-0.05, 0) is 44.9 Å². The van der Waals surface area contributed by atoms with Gasteiger partial charge in [-0.25, -0.2) is 0 Å². The van der Waals surface area contributed by atoms with Crippen molar-refractivity contribution in [3.63, 3.8) is 0 Å². The first kappa shape index (κ1) is 14.4. The van der Waals surface area contributed by atoms with Gasteiger partial charge in [0.1, 0.15) is 0 Å². The molecule has 4 heteroatoms. The fraction of sp³-hybridized carbons (Fsp3) is 0.533. The summed E-state index contributed by atoms with van der Waals surface area (Å²) >= 11 is 6.16. The summed E-state index contributed by atoms with van der Waals surface area (Å²) in [5.41, 5.74) is 0.651. The molecule has 1 amide bonds. The topological polar surface area (TPSA) is 41.1 Å². The third-order valence-corrected chi connectivity index (χ3v) is 4.21. The van der Waals surface area contributed by atoms with Crippen LogP contribution >= 0.6 is 11.6 Å². The summed E-state index contributed by atoms with van der Waals surface area (Å²) in [6.07, 6.45) is 1.98. The number of halogens is 1. The van der Waals surface area contributed by atoms with Gasteiger partial charge >= 0.3 is 0 Å². The number of amides is 1. The molecule has 0 radical (unpaired) electrons. The number of hydrogen-bond donors (Lipinski definition) is 2. The molecule has 0 aliphatic carbocycles. The number of nitrogens with one attached hydrogen (secondary N) is 2. The monoisotopic (exact) mass is 280 g/mol. The number of carbonyl (C=O) groups is 1. The van der Waals surface area contributed by atoms with E-state index in [-0.39, 0.29) is 17.4 Å². The predicted molar refractivity (Wildman–Crippen MR) is 78.2 cm³/mol. The Kier molecular flexibility index (Phi) is 4.48.